The van der Waals surface area contributed by atoms with Crippen LogP contribution < -0.4 is 5.32 Å². The number of benzene rings is 1. The molecule has 0 fully saturated rings. The van der Waals surface area contributed by atoms with Gasteiger partial charge in [0.1, 0.15) is 11.6 Å². The van der Waals surface area contributed by atoms with Gasteiger partial charge >= 0.3 is 6.18 Å². The van der Waals surface area contributed by atoms with Gasteiger partial charge in [-0.2, -0.15) is 18.2 Å². The molecule has 0 amide bonds. The van der Waals surface area contributed by atoms with Crippen LogP contribution in [-0.4, -0.2) is 31.5 Å². The normalized spacial score (nSPS) is 11.6. The molecular weight excluding hydrogens is 378 g/mol. The van der Waals surface area contributed by atoms with Crippen LogP contribution in [-0.2, 0) is 12.6 Å². The van der Waals surface area contributed by atoms with Gasteiger partial charge in [-0.15, -0.1) is 5.10 Å². The quantitative estimate of drug-likeness (QED) is 0.621. The summed E-state index contributed by atoms with van der Waals surface area (Å²) in [5.41, 5.74) is 0.0627. The fourth-order valence-corrected chi connectivity index (χ4v) is 2.61. The molecule has 3 rings (SSSR count). The van der Waals surface area contributed by atoms with E-state index in [2.05, 4.69) is 20.4 Å². The molecule has 0 atom stereocenters. The van der Waals surface area contributed by atoms with Gasteiger partial charge in [0.25, 0.3) is 0 Å². The van der Waals surface area contributed by atoms with Gasteiger partial charge in [-0.3, -0.25) is 4.98 Å². The Balaban J connectivity index is 1.95. The van der Waals surface area contributed by atoms with Crippen LogP contribution in [0.4, 0.5) is 29.2 Å². The van der Waals surface area contributed by atoms with Crippen molar-refractivity contribution in [3.8, 4) is 5.69 Å². The molecule has 2 heterocycles. The van der Waals surface area contributed by atoms with Gasteiger partial charge in [0.05, 0.1) is 11.3 Å². The summed E-state index contributed by atoms with van der Waals surface area (Å²) in [5.74, 6) is -0.783. The highest BCUT2D eigenvalue weighted by molar-refractivity contribution is 5.55. The minimum atomic E-state index is -4.81. The second kappa shape index (κ2) is 7.93. The highest BCUT2D eigenvalue weighted by atomic mass is 19.4. The number of nitrogens with zero attached hydrogens (tertiary/aromatic N) is 4. The van der Waals surface area contributed by atoms with Crippen LogP contribution in [0.2, 0.25) is 0 Å². The lowest BCUT2D eigenvalue weighted by atomic mass is 10.2. The van der Waals surface area contributed by atoms with Crippen LogP contribution in [0.3, 0.4) is 0 Å². The average molecular weight is 395 g/mol. The first-order valence-electron chi connectivity index (χ1n) is 8.41. The summed E-state index contributed by atoms with van der Waals surface area (Å²) in [4.78, 5) is 8.41. The molecule has 1 aromatic carbocycles. The van der Waals surface area contributed by atoms with E-state index in [9.17, 15) is 17.6 Å². The molecule has 0 aliphatic carbocycles. The van der Waals surface area contributed by atoms with E-state index in [1.807, 2.05) is 6.92 Å². The molecule has 0 bridgehead atoms. The minimum absolute atomic E-state index is 0.00509. The van der Waals surface area contributed by atoms with Gasteiger partial charge in [-0.05, 0) is 43.7 Å². The molecule has 2 aromatic heterocycles. The number of rotatable bonds is 6. The number of halogens is 4. The highest BCUT2D eigenvalue weighted by Crippen LogP contribution is 2.33. The third-order valence-corrected chi connectivity index (χ3v) is 3.89. The maximum atomic E-state index is 13.5. The van der Waals surface area contributed by atoms with E-state index in [1.54, 1.807) is 18.3 Å². The number of hydrogen-bond acceptors (Lipinski definition) is 5. The molecule has 0 spiro atoms. The van der Waals surface area contributed by atoms with Crippen molar-refractivity contribution in [3.05, 3.63) is 59.4 Å². The fourth-order valence-electron chi connectivity index (χ4n) is 2.61. The zero-order chi connectivity index (χ0) is 20.3. The van der Waals surface area contributed by atoms with Crippen molar-refractivity contribution in [1.82, 2.24) is 19.7 Å². The number of pyridine rings is 1. The molecule has 0 unspecified atom stereocenters. The van der Waals surface area contributed by atoms with Crippen LogP contribution in [0, 0.1) is 12.7 Å². The third-order valence-electron chi connectivity index (χ3n) is 3.89. The number of hydrogen-bond donors (Lipinski definition) is 2. The van der Waals surface area contributed by atoms with Crippen LogP contribution >= 0.6 is 0 Å². The minimum Gasteiger partial charge on any atom is -0.396 e. The molecule has 148 valence electrons. The Morgan fingerprint density at radius 3 is 2.64 bits per heavy atom. The van der Waals surface area contributed by atoms with Crippen molar-refractivity contribution in [1.29, 1.82) is 0 Å². The lowest BCUT2D eigenvalue weighted by molar-refractivity contribution is -0.139. The summed E-state index contributed by atoms with van der Waals surface area (Å²) in [6, 6.07) is 6.07. The second-order valence-electron chi connectivity index (χ2n) is 6.06. The molecule has 0 saturated heterocycles. The van der Waals surface area contributed by atoms with Crippen molar-refractivity contribution in [2.24, 2.45) is 0 Å². The van der Waals surface area contributed by atoms with E-state index in [0.29, 0.717) is 30.4 Å². The van der Waals surface area contributed by atoms with Crippen LogP contribution in [0.15, 0.2) is 36.5 Å². The van der Waals surface area contributed by atoms with Crippen molar-refractivity contribution < 1.29 is 22.7 Å². The number of anilines is 2. The zero-order valence-corrected chi connectivity index (χ0v) is 14.8. The predicted octanol–water partition coefficient (Wildman–Crippen LogP) is 3.80. The first-order chi connectivity index (χ1) is 13.3. The standard InChI is InChI=1S/C18H17F4N5O/c1-11-9-13(6-7-23-11)27-16(3-2-8-28)25-17(26-27)24-12-4-5-15(19)14(10-12)18(20,21)22/h4-7,9-10,28H,2-3,8H2,1H3,(H,24,26). The maximum absolute atomic E-state index is 13.5. The maximum Gasteiger partial charge on any atom is 0.419 e. The molecule has 10 heteroatoms. The van der Waals surface area contributed by atoms with E-state index in [-0.39, 0.29) is 18.2 Å². The number of aliphatic hydroxyl groups is 1. The molecule has 28 heavy (non-hydrogen) atoms. The Labute approximate surface area is 157 Å². The van der Waals surface area contributed by atoms with Crippen molar-refractivity contribution in [2.75, 3.05) is 11.9 Å². The summed E-state index contributed by atoms with van der Waals surface area (Å²) in [6.07, 6.45) is -2.36. The first kappa shape index (κ1) is 19.7. The molecule has 6 nitrogen and oxygen atoms in total. The Kier molecular flexibility index (Phi) is 5.59. The smallest absolute Gasteiger partial charge is 0.396 e. The lowest BCUT2D eigenvalue weighted by Gasteiger charge is -2.10. The lowest BCUT2D eigenvalue weighted by Crippen LogP contribution is -2.08. The van der Waals surface area contributed by atoms with E-state index in [4.69, 9.17) is 5.11 Å². The fraction of sp³-hybridized carbons (Fsp3) is 0.278. The van der Waals surface area contributed by atoms with Gasteiger partial charge in [-0.25, -0.2) is 9.07 Å². The number of aromatic nitrogens is 4. The Morgan fingerprint density at radius 1 is 1.18 bits per heavy atom. The summed E-state index contributed by atoms with van der Waals surface area (Å²) < 4.78 is 53.7. The van der Waals surface area contributed by atoms with E-state index in [0.717, 1.165) is 11.8 Å². The number of aliphatic hydroxyl groups excluding tert-OH is 1. The summed E-state index contributed by atoms with van der Waals surface area (Å²) in [7, 11) is 0. The van der Waals surface area contributed by atoms with Gasteiger partial charge in [0, 0.05) is 30.6 Å². The van der Waals surface area contributed by atoms with Gasteiger partial charge < -0.3 is 10.4 Å². The predicted molar refractivity (Wildman–Crippen MR) is 94.0 cm³/mol. The molecular formula is C18H17F4N5O. The Morgan fingerprint density at radius 2 is 1.96 bits per heavy atom. The van der Waals surface area contributed by atoms with Gasteiger partial charge in [0.15, 0.2) is 0 Å². The molecule has 3 aromatic rings. The Hall–Kier alpha value is -3.01. The molecule has 0 saturated carbocycles. The van der Waals surface area contributed by atoms with E-state index in [1.165, 1.54) is 10.7 Å². The summed E-state index contributed by atoms with van der Waals surface area (Å²) in [6.45, 7) is 1.77. The largest absolute Gasteiger partial charge is 0.419 e. The first-order valence-corrected chi connectivity index (χ1v) is 8.41. The van der Waals surface area contributed by atoms with Crippen LogP contribution in [0.1, 0.15) is 23.5 Å². The average Bonchev–Trinajstić information content (AvgIpc) is 3.03. The molecule has 0 aliphatic heterocycles. The summed E-state index contributed by atoms with van der Waals surface area (Å²) >= 11 is 0. The third kappa shape index (κ3) is 4.45. The number of alkyl halides is 3. The van der Waals surface area contributed by atoms with Gasteiger partial charge in [-0.1, -0.05) is 0 Å². The summed E-state index contributed by atoms with van der Waals surface area (Å²) in [5, 5.41) is 16.1. The zero-order valence-electron chi connectivity index (χ0n) is 14.8. The van der Waals surface area contributed by atoms with Crippen molar-refractivity contribution >= 4 is 11.6 Å². The highest BCUT2D eigenvalue weighted by Gasteiger charge is 2.34. The second-order valence-corrected chi connectivity index (χ2v) is 6.06. The van der Waals surface area contributed by atoms with Crippen LogP contribution in [0.25, 0.3) is 5.69 Å². The topological polar surface area (TPSA) is 75.9 Å². The van der Waals surface area contributed by atoms with Crippen LogP contribution in [0.5, 0.6) is 0 Å². The number of nitrogens with one attached hydrogen (secondary N) is 1. The molecule has 0 radical (unpaired) electrons. The van der Waals surface area contributed by atoms with E-state index >= 15 is 0 Å². The Bertz CT molecular complexity index is 971. The van der Waals surface area contributed by atoms with Crippen molar-refractivity contribution in [2.45, 2.75) is 25.9 Å². The number of aryl methyl sites for hydroxylation is 2. The SMILES string of the molecule is Cc1cc(-n2nc(Nc3ccc(F)c(C(F)(F)F)c3)nc2CCCO)ccn1. The van der Waals surface area contributed by atoms with Crippen molar-refractivity contribution in [3.63, 3.8) is 0 Å². The van der Waals surface area contributed by atoms with Gasteiger partial charge in [0.2, 0.25) is 5.95 Å². The monoisotopic (exact) mass is 395 g/mol. The van der Waals surface area contributed by atoms with E-state index < -0.39 is 17.6 Å². The molecule has 0 aliphatic rings. The molecule has 2 N–H and O–H groups in total.